The average Bonchev–Trinajstić information content (AvgIpc) is 2.30. The van der Waals surface area contributed by atoms with E-state index in [1.165, 1.54) is 26.2 Å². The zero-order valence-corrected chi connectivity index (χ0v) is 13.1. The first-order valence-electron chi connectivity index (χ1n) is 4.97. The van der Waals surface area contributed by atoms with E-state index in [1.54, 1.807) is 0 Å². The number of carboxylic acid groups (broad SMARTS) is 1. The van der Waals surface area contributed by atoms with E-state index in [9.17, 15) is 13.2 Å². The SMILES string of the molecule is COc1cc(Br)c(S(=O)(=O)NC(C)C(=O)O)cc1Cl. The maximum Gasteiger partial charge on any atom is 0.321 e. The molecule has 0 spiro atoms. The lowest BCUT2D eigenvalue weighted by atomic mass is 10.3. The second-order valence-electron chi connectivity index (χ2n) is 3.60. The van der Waals surface area contributed by atoms with Gasteiger partial charge in [-0.25, -0.2) is 8.42 Å². The molecule has 1 aromatic rings. The molecule has 0 saturated carbocycles. The topological polar surface area (TPSA) is 92.7 Å². The molecule has 0 amide bonds. The molecule has 6 nitrogen and oxygen atoms in total. The van der Waals surface area contributed by atoms with E-state index in [0.717, 1.165) is 0 Å². The third-order valence-corrected chi connectivity index (χ3v) is 4.99. The molecule has 0 aromatic heterocycles. The van der Waals surface area contributed by atoms with Crippen LogP contribution in [0.4, 0.5) is 0 Å². The number of halogens is 2. The van der Waals surface area contributed by atoms with Crippen molar-refractivity contribution >= 4 is 43.5 Å². The largest absolute Gasteiger partial charge is 0.495 e. The van der Waals surface area contributed by atoms with Crippen LogP contribution in [0.25, 0.3) is 0 Å². The number of ether oxygens (including phenoxy) is 1. The molecule has 0 saturated heterocycles. The monoisotopic (exact) mass is 371 g/mol. The molecule has 106 valence electrons. The van der Waals surface area contributed by atoms with Crippen LogP contribution in [0.3, 0.4) is 0 Å². The van der Waals surface area contributed by atoms with Gasteiger partial charge in [-0.1, -0.05) is 11.6 Å². The van der Waals surface area contributed by atoms with E-state index in [-0.39, 0.29) is 14.4 Å². The van der Waals surface area contributed by atoms with Crippen LogP contribution in [-0.4, -0.2) is 32.6 Å². The summed E-state index contributed by atoms with van der Waals surface area (Å²) in [6.07, 6.45) is 0. The maximum atomic E-state index is 12.0. The van der Waals surface area contributed by atoms with Crippen LogP contribution in [0.2, 0.25) is 5.02 Å². The Labute approximate surface area is 123 Å². The van der Waals surface area contributed by atoms with Gasteiger partial charge in [0.1, 0.15) is 11.8 Å². The number of hydrogen-bond acceptors (Lipinski definition) is 4. The highest BCUT2D eigenvalue weighted by atomic mass is 79.9. The summed E-state index contributed by atoms with van der Waals surface area (Å²) in [5.41, 5.74) is 0. The van der Waals surface area contributed by atoms with Gasteiger partial charge in [-0.3, -0.25) is 4.79 Å². The van der Waals surface area contributed by atoms with Crippen molar-refractivity contribution in [3.8, 4) is 5.75 Å². The smallest absolute Gasteiger partial charge is 0.321 e. The molecule has 0 bridgehead atoms. The van der Waals surface area contributed by atoms with Crippen LogP contribution in [-0.2, 0) is 14.8 Å². The first kappa shape index (κ1) is 16.2. The molecule has 9 heteroatoms. The van der Waals surface area contributed by atoms with Crippen molar-refractivity contribution in [1.82, 2.24) is 4.72 Å². The number of hydrogen-bond donors (Lipinski definition) is 2. The van der Waals surface area contributed by atoms with Gasteiger partial charge in [0.2, 0.25) is 10.0 Å². The van der Waals surface area contributed by atoms with Gasteiger partial charge in [0, 0.05) is 4.47 Å². The van der Waals surface area contributed by atoms with Crippen molar-refractivity contribution in [2.75, 3.05) is 7.11 Å². The molecule has 0 aliphatic heterocycles. The van der Waals surface area contributed by atoms with Crippen molar-refractivity contribution in [2.45, 2.75) is 17.9 Å². The van der Waals surface area contributed by atoms with E-state index in [0.29, 0.717) is 5.75 Å². The van der Waals surface area contributed by atoms with Gasteiger partial charge >= 0.3 is 5.97 Å². The lowest BCUT2D eigenvalue weighted by Crippen LogP contribution is -2.38. The van der Waals surface area contributed by atoms with Crippen molar-refractivity contribution < 1.29 is 23.1 Å². The number of rotatable bonds is 5. The van der Waals surface area contributed by atoms with Crippen LogP contribution < -0.4 is 9.46 Å². The molecule has 2 N–H and O–H groups in total. The molecule has 0 aliphatic carbocycles. The van der Waals surface area contributed by atoms with E-state index >= 15 is 0 Å². The standard InChI is InChI=1S/C10H11BrClNO5S/c1-5(10(14)15)13-19(16,17)9-4-7(12)8(18-2)3-6(9)11/h3-5,13H,1-2H3,(H,14,15). The Balaban J connectivity index is 3.22. The lowest BCUT2D eigenvalue weighted by molar-refractivity contribution is -0.138. The highest BCUT2D eigenvalue weighted by molar-refractivity contribution is 9.10. The Bertz CT molecular complexity index is 604. The zero-order chi connectivity index (χ0) is 14.8. The summed E-state index contributed by atoms with van der Waals surface area (Å²) in [5, 5.41) is 8.82. The van der Waals surface area contributed by atoms with Gasteiger partial charge in [0.05, 0.1) is 17.0 Å². The Hall–Kier alpha value is -0.830. The van der Waals surface area contributed by atoms with Crippen LogP contribution in [0.1, 0.15) is 6.92 Å². The van der Waals surface area contributed by atoms with E-state index in [1.807, 2.05) is 4.72 Å². The molecule has 0 aliphatic rings. The van der Waals surface area contributed by atoms with Gasteiger partial charge in [-0.2, -0.15) is 4.72 Å². The molecule has 1 rings (SSSR count). The Morgan fingerprint density at radius 3 is 2.58 bits per heavy atom. The van der Waals surface area contributed by atoms with Gasteiger partial charge in [-0.15, -0.1) is 0 Å². The number of aliphatic carboxylic acids is 1. The molecule has 0 radical (unpaired) electrons. The van der Waals surface area contributed by atoms with Crippen LogP contribution in [0.15, 0.2) is 21.5 Å². The molecule has 0 heterocycles. The molecular weight excluding hydrogens is 362 g/mol. The predicted molar refractivity (Wildman–Crippen MR) is 73.1 cm³/mol. The van der Waals surface area contributed by atoms with Gasteiger partial charge < -0.3 is 9.84 Å². The third-order valence-electron chi connectivity index (χ3n) is 2.20. The quantitative estimate of drug-likeness (QED) is 0.823. The highest BCUT2D eigenvalue weighted by Gasteiger charge is 2.24. The van der Waals surface area contributed by atoms with E-state index in [2.05, 4.69) is 15.9 Å². The normalized spacial score (nSPS) is 13.1. The van der Waals surface area contributed by atoms with E-state index in [4.69, 9.17) is 21.4 Å². The summed E-state index contributed by atoms with van der Waals surface area (Å²) in [6, 6.07) is 1.32. The number of carbonyl (C=O) groups is 1. The minimum absolute atomic E-state index is 0.106. The second-order valence-corrected chi connectivity index (χ2v) is 6.54. The lowest BCUT2D eigenvalue weighted by Gasteiger charge is -2.13. The summed E-state index contributed by atoms with van der Waals surface area (Å²) < 4.78 is 31.2. The maximum absolute atomic E-state index is 12.0. The Kier molecular flexibility index (Phi) is 5.19. The predicted octanol–water partition coefficient (Wildman–Crippen LogP) is 1.86. The number of nitrogens with one attached hydrogen (secondary N) is 1. The third kappa shape index (κ3) is 3.82. The summed E-state index contributed by atoms with van der Waals surface area (Å²) in [4.78, 5) is 10.5. The van der Waals surface area contributed by atoms with Crippen LogP contribution >= 0.6 is 27.5 Å². The molecule has 19 heavy (non-hydrogen) atoms. The zero-order valence-electron chi connectivity index (χ0n) is 9.98. The van der Waals surface area contributed by atoms with Crippen LogP contribution in [0, 0.1) is 0 Å². The molecule has 1 atom stereocenters. The minimum Gasteiger partial charge on any atom is -0.495 e. The fourth-order valence-electron chi connectivity index (χ4n) is 1.22. The summed E-state index contributed by atoms with van der Waals surface area (Å²) in [5.74, 6) is -0.974. The second kappa shape index (κ2) is 6.08. The Morgan fingerprint density at radius 1 is 1.53 bits per heavy atom. The number of methoxy groups -OCH3 is 1. The fraction of sp³-hybridized carbons (Fsp3) is 0.300. The molecular formula is C10H11BrClNO5S. The molecule has 1 aromatic carbocycles. The minimum atomic E-state index is -4.00. The van der Waals surface area contributed by atoms with Crippen molar-refractivity contribution in [3.05, 3.63) is 21.6 Å². The average molecular weight is 373 g/mol. The summed E-state index contributed by atoms with van der Waals surface area (Å²) in [7, 11) is -2.60. The first-order chi connectivity index (χ1) is 8.69. The molecule has 0 fully saturated rings. The van der Waals surface area contributed by atoms with Gasteiger partial charge in [-0.05, 0) is 35.0 Å². The number of benzene rings is 1. The summed E-state index contributed by atoms with van der Waals surface area (Å²) >= 11 is 8.93. The van der Waals surface area contributed by atoms with Crippen LogP contribution in [0.5, 0.6) is 5.75 Å². The summed E-state index contributed by atoms with van der Waals surface area (Å²) in [6.45, 7) is 1.22. The van der Waals surface area contributed by atoms with Crippen molar-refractivity contribution in [2.24, 2.45) is 0 Å². The fourth-order valence-corrected chi connectivity index (χ4v) is 3.77. The van der Waals surface area contributed by atoms with Gasteiger partial charge in [0.25, 0.3) is 0 Å². The number of sulfonamides is 1. The Morgan fingerprint density at radius 2 is 2.11 bits per heavy atom. The van der Waals surface area contributed by atoms with E-state index < -0.39 is 22.0 Å². The molecule has 1 unspecified atom stereocenters. The number of carboxylic acids is 1. The van der Waals surface area contributed by atoms with Crippen molar-refractivity contribution in [3.63, 3.8) is 0 Å². The van der Waals surface area contributed by atoms with Crippen molar-refractivity contribution in [1.29, 1.82) is 0 Å². The highest BCUT2D eigenvalue weighted by Crippen LogP contribution is 2.33. The van der Waals surface area contributed by atoms with Gasteiger partial charge in [0.15, 0.2) is 0 Å². The first-order valence-corrected chi connectivity index (χ1v) is 7.62.